The molecule has 6 heteroatoms. The molecule has 0 aliphatic heterocycles. The Hall–Kier alpha value is -2.86. The molecule has 3 rings (SSSR count). The number of likely N-dealkylation sites (N-methyl/N-ethyl adjacent to an activating group) is 1. The number of hydrogen-bond acceptors (Lipinski definition) is 5. The molecule has 0 N–H and O–H groups in total. The first-order valence-corrected chi connectivity index (χ1v) is 8.49. The van der Waals surface area contributed by atoms with E-state index in [1.165, 1.54) is 0 Å². The van der Waals surface area contributed by atoms with E-state index >= 15 is 0 Å². The molecule has 2 aromatic heterocycles. The van der Waals surface area contributed by atoms with Crippen LogP contribution in [0.15, 0.2) is 53.5 Å². The molecule has 0 aliphatic carbocycles. The van der Waals surface area contributed by atoms with Crippen molar-refractivity contribution in [2.24, 2.45) is 0 Å². The molecule has 0 fully saturated rings. The summed E-state index contributed by atoms with van der Waals surface area (Å²) in [5.41, 5.74) is 1.87. The molecule has 0 saturated heterocycles. The van der Waals surface area contributed by atoms with Gasteiger partial charge in [-0.2, -0.15) is 4.98 Å². The molecule has 0 amide bonds. The molecule has 0 bridgehead atoms. The summed E-state index contributed by atoms with van der Waals surface area (Å²) in [6.07, 6.45) is 2.31. The molecule has 1 aromatic carbocycles. The Bertz CT molecular complexity index is 933. The SMILES string of the molecule is COc1ccc(Cc2c(OCCN(C)C)n3ccccc3nc2=O)cc1. The van der Waals surface area contributed by atoms with Crippen LogP contribution in [0, 0.1) is 0 Å². The topological polar surface area (TPSA) is 56.1 Å². The average Bonchev–Trinajstić information content (AvgIpc) is 2.64. The van der Waals surface area contributed by atoms with E-state index in [-0.39, 0.29) is 5.56 Å². The Morgan fingerprint density at radius 1 is 1.12 bits per heavy atom. The van der Waals surface area contributed by atoms with Gasteiger partial charge in [-0.05, 0) is 43.9 Å². The maximum absolute atomic E-state index is 12.6. The Balaban J connectivity index is 2.00. The lowest BCUT2D eigenvalue weighted by Gasteiger charge is -2.16. The van der Waals surface area contributed by atoms with Crippen LogP contribution in [0.1, 0.15) is 11.1 Å². The molecule has 0 atom stereocenters. The molecule has 3 aromatic rings. The summed E-state index contributed by atoms with van der Waals surface area (Å²) in [6.45, 7) is 1.25. The zero-order valence-electron chi connectivity index (χ0n) is 15.3. The van der Waals surface area contributed by atoms with Gasteiger partial charge in [0.05, 0.1) is 12.7 Å². The van der Waals surface area contributed by atoms with Gasteiger partial charge in [-0.1, -0.05) is 18.2 Å². The van der Waals surface area contributed by atoms with Gasteiger partial charge >= 0.3 is 0 Å². The standard InChI is InChI=1S/C20H23N3O3/c1-22(2)12-13-26-20-17(14-15-7-9-16(25-3)10-8-15)19(24)21-18-6-4-5-11-23(18)20/h4-11H,12-14H2,1-3H3. The highest BCUT2D eigenvalue weighted by Gasteiger charge is 2.15. The summed E-state index contributed by atoms with van der Waals surface area (Å²) in [5, 5.41) is 0. The van der Waals surface area contributed by atoms with Crippen LogP contribution < -0.4 is 15.0 Å². The van der Waals surface area contributed by atoms with Crippen molar-refractivity contribution >= 4 is 5.65 Å². The first-order valence-electron chi connectivity index (χ1n) is 8.49. The van der Waals surface area contributed by atoms with Gasteiger partial charge in [-0.3, -0.25) is 9.20 Å². The van der Waals surface area contributed by atoms with E-state index in [0.29, 0.717) is 30.1 Å². The lowest BCUT2D eigenvalue weighted by atomic mass is 10.1. The third-order valence-corrected chi connectivity index (χ3v) is 4.11. The summed E-state index contributed by atoms with van der Waals surface area (Å²) in [6, 6.07) is 13.2. The number of pyridine rings is 1. The van der Waals surface area contributed by atoms with Crippen molar-refractivity contribution in [1.29, 1.82) is 0 Å². The van der Waals surface area contributed by atoms with E-state index in [9.17, 15) is 4.79 Å². The van der Waals surface area contributed by atoms with Crippen molar-refractivity contribution in [3.63, 3.8) is 0 Å². The quantitative estimate of drug-likeness (QED) is 0.652. The number of hydrogen-bond donors (Lipinski definition) is 0. The van der Waals surface area contributed by atoms with Crippen molar-refractivity contribution < 1.29 is 9.47 Å². The van der Waals surface area contributed by atoms with Crippen LogP contribution in [-0.4, -0.2) is 48.6 Å². The molecule has 0 radical (unpaired) electrons. The normalized spacial score (nSPS) is 11.1. The fourth-order valence-electron chi connectivity index (χ4n) is 2.69. The highest BCUT2D eigenvalue weighted by atomic mass is 16.5. The van der Waals surface area contributed by atoms with Crippen molar-refractivity contribution in [1.82, 2.24) is 14.3 Å². The first-order chi connectivity index (χ1) is 12.6. The zero-order valence-corrected chi connectivity index (χ0v) is 15.3. The van der Waals surface area contributed by atoms with Crippen LogP contribution in [0.5, 0.6) is 11.6 Å². The number of aromatic nitrogens is 2. The minimum absolute atomic E-state index is 0.258. The number of methoxy groups -OCH3 is 1. The fourth-order valence-corrected chi connectivity index (χ4v) is 2.69. The number of nitrogens with zero attached hydrogens (tertiary/aromatic N) is 3. The number of fused-ring (bicyclic) bond motifs is 1. The Morgan fingerprint density at radius 3 is 2.58 bits per heavy atom. The highest BCUT2D eigenvalue weighted by molar-refractivity contribution is 5.45. The molecule has 0 spiro atoms. The van der Waals surface area contributed by atoms with Crippen LogP contribution >= 0.6 is 0 Å². The predicted octanol–water partition coefficient (Wildman–Crippen LogP) is 2.23. The van der Waals surface area contributed by atoms with Crippen molar-refractivity contribution in [2.75, 3.05) is 34.4 Å². The van der Waals surface area contributed by atoms with Gasteiger partial charge in [0.2, 0.25) is 5.88 Å². The highest BCUT2D eigenvalue weighted by Crippen LogP contribution is 2.21. The average molecular weight is 353 g/mol. The molecular formula is C20H23N3O3. The van der Waals surface area contributed by atoms with Crippen LogP contribution in [-0.2, 0) is 6.42 Å². The summed E-state index contributed by atoms with van der Waals surface area (Å²) >= 11 is 0. The van der Waals surface area contributed by atoms with E-state index in [2.05, 4.69) is 4.98 Å². The monoisotopic (exact) mass is 353 g/mol. The van der Waals surface area contributed by atoms with Crippen LogP contribution in [0.4, 0.5) is 0 Å². The third kappa shape index (κ3) is 4.03. The fraction of sp³-hybridized carbons (Fsp3) is 0.300. The molecule has 2 heterocycles. The smallest absolute Gasteiger partial charge is 0.280 e. The molecule has 26 heavy (non-hydrogen) atoms. The van der Waals surface area contributed by atoms with E-state index in [1.54, 1.807) is 13.2 Å². The summed E-state index contributed by atoms with van der Waals surface area (Å²) in [7, 11) is 5.60. The molecule has 0 aliphatic rings. The van der Waals surface area contributed by atoms with E-state index in [4.69, 9.17) is 9.47 Å². The molecular weight excluding hydrogens is 330 g/mol. The van der Waals surface area contributed by atoms with Crippen molar-refractivity contribution in [3.8, 4) is 11.6 Å². The zero-order chi connectivity index (χ0) is 18.5. The second kappa shape index (κ2) is 8.01. The van der Waals surface area contributed by atoms with Crippen LogP contribution in [0.2, 0.25) is 0 Å². The Kier molecular flexibility index (Phi) is 5.53. The summed E-state index contributed by atoms with van der Waals surface area (Å²) in [5.74, 6) is 1.34. The van der Waals surface area contributed by atoms with Crippen LogP contribution in [0.25, 0.3) is 5.65 Å². The first kappa shape index (κ1) is 17.9. The number of rotatable bonds is 7. The van der Waals surface area contributed by atoms with Gasteiger partial charge < -0.3 is 14.4 Å². The largest absolute Gasteiger partial charge is 0.497 e. The lowest BCUT2D eigenvalue weighted by Crippen LogP contribution is -2.23. The Morgan fingerprint density at radius 2 is 1.88 bits per heavy atom. The molecule has 0 saturated carbocycles. The van der Waals surface area contributed by atoms with Gasteiger partial charge in [0.25, 0.3) is 5.56 Å². The van der Waals surface area contributed by atoms with Crippen molar-refractivity contribution in [2.45, 2.75) is 6.42 Å². The van der Waals surface area contributed by atoms with Gasteiger partial charge in [-0.15, -0.1) is 0 Å². The maximum atomic E-state index is 12.6. The minimum atomic E-state index is -0.258. The van der Waals surface area contributed by atoms with Gasteiger partial charge in [0.1, 0.15) is 18.0 Å². The van der Waals surface area contributed by atoms with Gasteiger partial charge in [0.15, 0.2) is 0 Å². The van der Waals surface area contributed by atoms with Crippen LogP contribution in [0.3, 0.4) is 0 Å². The second-order valence-electron chi connectivity index (χ2n) is 6.31. The third-order valence-electron chi connectivity index (χ3n) is 4.11. The maximum Gasteiger partial charge on any atom is 0.280 e. The molecule has 136 valence electrons. The van der Waals surface area contributed by atoms with Crippen molar-refractivity contribution in [3.05, 3.63) is 70.1 Å². The Labute approximate surface area is 152 Å². The molecule has 0 unspecified atom stereocenters. The minimum Gasteiger partial charge on any atom is -0.497 e. The van der Waals surface area contributed by atoms with Gasteiger partial charge in [-0.25, -0.2) is 0 Å². The summed E-state index contributed by atoms with van der Waals surface area (Å²) in [4.78, 5) is 18.9. The van der Waals surface area contributed by atoms with E-state index in [1.807, 2.05) is 66.0 Å². The predicted molar refractivity (Wildman–Crippen MR) is 101 cm³/mol. The van der Waals surface area contributed by atoms with E-state index < -0.39 is 0 Å². The number of benzene rings is 1. The lowest BCUT2D eigenvalue weighted by molar-refractivity contribution is 0.249. The number of ether oxygens (including phenoxy) is 2. The summed E-state index contributed by atoms with van der Waals surface area (Å²) < 4.78 is 13.0. The second-order valence-corrected chi connectivity index (χ2v) is 6.31. The molecule has 6 nitrogen and oxygen atoms in total. The van der Waals surface area contributed by atoms with E-state index in [0.717, 1.165) is 17.9 Å². The van der Waals surface area contributed by atoms with Gasteiger partial charge in [0, 0.05) is 19.2 Å².